The number of carbonyl (C=O) groups excluding carboxylic acids is 1. The van der Waals surface area contributed by atoms with Gasteiger partial charge in [-0.1, -0.05) is 47.1 Å². The molecule has 12 heteroatoms. The van der Waals surface area contributed by atoms with Crippen molar-refractivity contribution in [3.05, 3.63) is 99.2 Å². The second kappa shape index (κ2) is 12.0. The number of pyridine rings is 1. The third kappa shape index (κ3) is 5.85. The summed E-state index contributed by atoms with van der Waals surface area (Å²) in [4.78, 5) is 26.2. The molecule has 1 aliphatic rings. The predicted molar refractivity (Wildman–Crippen MR) is 161 cm³/mol. The first-order valence-electron chi connectivity index (χ1n) is 12.5. The van der Waals surface area contributed by atoms with Gasteiger partial charge in [0.15, 0.2) is 11.0 Å². The Morgan fingerprint density at radius 3 is 2.40 bits per heavy atom. The number of benzene rings is 2. The SMILES string of the molecule is O=C(c1csc(CSc2nnc(-c3cccnc3)n2-c2cccc(Cl)c2)n1)N1CCN(c2cccc(Cl)c2)CC1. The van der Waals surface area contributed by atoms with Gasteiger partial charge in [0.05, 0.1) is 11.4 Å². The highest BCUT2D eigenvalue weighted by Crippen LogP contribution is 2.31. The number of hydrogen-bond acceptors (Lipinski definition) is 8. The van der Waals surface area contributed by atoms with E-state index >= 15 is 0 Å². The van der Waals surface area contributed by atoms with Gasteiger partial charge in [-0.05, 0) is 48.5 Å². The molecule has 1 saturated heterocycles. The number of rotatable bonds is 7. The first-order chi connectivity index (χ1) is 19.5. The van der Waals surface area contributed by atoms with Crippen molar-refractivity contribution in [2.75, 3.05) is 31.1 Å². The number of anilines is 1. The molecule has 0 atom stereocenters. The Bertz CT molecular complexity index is 1630. The van der Waals surface area contributed by atoms with Gasteiger partial charge in [0.1, 0.15) is 10.7 Å². The van der Waals surface area contributed by atoms with Crippen molar-refractivity contribution in [3.8, 4) is 17.1 Å². The Kier molecular flexibility index (Phi) is 8.01. The number of hydrogen-bond donors (Lipinski definition) is 0. The van der Waals surface area contributed by atoms with Crippen LogP contribution in [0.5, 0.6) is 0 Å². The van der Waals surface area contributed by atoms with Crippen LogP contribution < -0.4 is 4.90 Å². The average Bonchev–Trinajstić information content (AvgIpc) is 3.64. The summed E-state index contributed by atoms with van der Waals surface area (Å²) in [6.45, 7) is 2.76. The van der Waals surface area contributed by atoms with Crippen molar-refractivity contribution in [3.63, 3.8) is 0 Å². The minimum absolute atomic E-state index is 0.0424. The topological polar surface area (TPSA) is 80.0 Å². The number of carbonyl (C=O) groups is 1. The van der Waals surface area contributed by atoms with Gasteiger partial charge in [0, 0.05) is 65.2 Å². The van der Waals surface area contributed by atoms with Crippen LogP contribution in [0.25, 0.3) is 17.1 Å². The number of amides is 1. The van der Waals surface area contributed by atoms with Gasteiger partial charge in [0.25, 0.3) is 5.91 Å². The maximum Gasteiger partial charge on any atom is 0.273 e. The lowest BCUT2D eigenvalue weighted by molar-refractivity contribution is 0.0741. The third-order valence-electron chi connectivity index (χ3n) is 6.46. The molecular weight excluding hydrogens is 585 g/mol. The van der Waals surface area contributed by atoms with E-state index in [0.29, 0.717) is 45.6 Å². The van der Waals surface area contributed by atoms with Crippen LogP contribution in [0.15, 0.2) is 83.6 Å². The summed E-state index contributed by atoms with van der Waals surface area (Å²) in [5, 5.41) is 13.6. The van der Waals surface area contributed by atoms with Crippen LogP contribution in [0.2, 0.25) is 10.0 Å². The van der Waals surface area contributed by atoms with Crippen molar-refractivity contribution < 1.29 is 4.79 Å². The van der Waals surface area contributed by atoms with Gasteiger partial charge in [-0.25, -0.2) is 4.98 Å². The van der Waals surface area contributed by atoms with Gasteiger partial charge in [0.2, 0.25) is 0 Å². The predicted octanol–water partition coefficient (Wildman–Crippen LogP) is 6.35. The first kappa shape index (κ1) is 26.8. The molecule has 1 fully saturated rings. The number of thiazole rings is 1. The lowest BCUT2D eigenvalue weighted by Crippen LogP contribution is -2.48. The molecule has 0 radical (unpaired) electrons. The molecule has 202 valence electrons. The van der Waals surface area contributed by atoms with Crippen LogP contribution in [-0.4, -0.2) is 61.7 Å². The highest BCUT2D eigenvalue weighted by atomic mass is 35.5. The summed E-state index contributed by atoms with van der Waals surface area (Å²) >= 11 is 15.4. The van der Waals surface area contributed by atoms with E-state index in [0.717, 1.165) is 35.0 Å². The number of piperazine rings is 1. The molecular formula is C28H23Cl2N7OS2. The fourth-order valence-electron chi connectivity index (χ4n) is 4.50. The molecule has 0 bridgehead atoms. The fourth-order valence-corrected chi connectivity index (χ4v) is 6.60. The molecule has 8 nitrogen and oxygen atoms in total. The monoisotopic (exact) mass is 607 g/mol. The summed E-state index contributed by atoms with van der Waals surface area (Å²) in [5.41, 5.74) is 3.25. The second-order valence-electron chi connectivity index (χ2n) is 9.04. The maximum absolute atomic E-state index is 13.2. The zero-order chi connectivity index (χ0) is 27.5. The number of halogens is 2. The smallest absolute Gasteiger partial charge is 0.273 e. The van der Waals surface area contributed by atoms with E-state index in [2.05, 4.69) is 25.1 Å². The van der Waals surface area contributed by atoms with E-state index in [1.165, 1.54) is 23.1 Å². The summed E-state index contributed by atoms with van der Waals surface area (Å²) in [6, 6.07) is 19.2. The Balaban J connectivity index is 1.14. The van der Waals surface area contributed by atoms with Crippen LogP contribution in [0, 0.1) is 0 Å². The maximum atomic E-state index is 13.2. The summed E-state index contributed by atoms with van der Waals surface area (Å²) in [5.74, 6) is 1.18. The lowest BCUT2D eigenvalue weighted by Gasteiger charge is -2.35. The first-order valence-corrected chi connectivity index (χ1v) is 15.2. The van der Waals surface area contributed by atoms with Crippen LogP contribution >= 0.6 is 46.3 Å². The van der Waals surface area contributed by atoms with Gasteiger partial charge in [-0.3, -0.25) is 14.3 Å². The van der Waals surface area contributed by atoms with E-state index in [1.54, 1.807) is 12.4 Å². The Morgan fingerprint density at radius 2 is 1.68 bits per heavy atom. The summed E-state index contributed by atoms with van der Waals surface area (Å²) < 4.78 is 1.96. The molecule has 2 aromatic carbocycles. The van der Waals surface area contributed by atoms with Crippen molar-refractivity contribution in [1.29, 1.82) is 0 Å². The molecule has 0 N–H and O–H groups in total. The highest BCUT2D eigenvalue weighted by Gasteiger charge is 2.24. The average molecular weight is 609 g/mol. The minimum atomic E-state index is -0.0424. The van der Waals surface area contributed by atoms with Crippen LogP contribution in [0.4, 0.5) is 5.69 Å². The van der Waals surface area contributed by atoms with Gasteiger partial charge in [-0.2, -0.15) is 0 Å². The molecule has 1 amide bonds. The standard InChI is InChI=1S/C28H23Cl2N7OS2/c29-20-5-1-7-22(14-20)35-10-12-36(13-11-35)27(38)24-17-39-25(32-24)18-40-28-34-33-26(19-4-3-9-31-16-19)37(28)23-8-2-6-21(30)15-23/h1-9,14-17H,10-13,18H2. The summed E-state index contributed by atoms with van der Waals surface area (Å²) in [7, 11) is 0. The number of thioether (sulfide) groups is 1. The number of aromatic nitrogens is 5. The lowest BCUT2D eigenvalue weighted by atomic mass is 10.2. The molecule has 3 aromatic heterocycles. The highest BCUT2D eigenvalue weighted by molar-refractivity contribution is 7.98. The molecule has 4 heterocycles. The Morgan fingerprint density at radius 1 is 0.925 bits per heavy atom. The largest absolute Gasteiger partial charge is 0.368 e. The van der Waals surface area contributed by atoms with Gasteiger partial charge in [-0.15, -0.1) is 21.5 Å². The Hall–Kier alpha value is -3.44. The van der Waals surface area contributed by atoms with Crippen molar-refractivity contribution >= 4 is 57.9 Å². The molecule has 0 aliphatic carbocycles. The van der Waals surface area contributed by atoms with E-state index in [-0.39, 0.29) is 5.91 Å². The summed E-state index contributed by atoms with van der Waals surface area (Å²) in [6.07, 6.45) is 3.48. The van der Waals surface area contributed by atoms with Crippen molar-refractivity contribution in [2.45, 2.75) is 10.9 Å². The van der Waals surface area contributed by atoms with Crippen molar-refractivity contribution in [2.24, 2.45) is 0 Å². The fraction of sp³-hybridized carbons (Fsp3) is 0.179. The van der Waals surface area contributed by atoms with E-state index < -0.39 is 0 Å². The number of nitrogens with zero attached hydrogens (tertiary/aromatic N) is 7. The minimum Gasteiger partial charge on any atom is -0.368 e. The van der Waals surface area contributed by atoms with Gasteiger partial charge >= 0.3 is 0 Å². The molecule has 1 aliphatic heterocycles. The molecule has 6 rings (SSSR count). The molecule has 0 saturated carbocycles. The normalized spacial score (nSPS) is 13.6. The van der Waals surface area contributed by atoms with E-state index in [1.807, 2.05) is 75.5 Å². The van der Waals surface area contributed by atoms with E-state index in [4.69, 9.17) is 23.2 Å². The van der Waals surface area contributed by atoms with Crippen LogP contribution in [0.3, 0.4) is 0 Å². The zero-order valence-corrected chi connectivity index (χ0v) is 24.3. The molecule has 0 unspecified atom stereocenters. The molecule has 5 aromatic rings. The van der Waals surface area contributed by atoms with Crippen LogP contribution in [-0.2, 0) is 5.75 Å². The quantitative estimate of drug-likeness (QED) is 0.199. The van der Waals surface area contributed by atoms with Crippen LogP contribution in [0.1, 0.15) is 15.5 Å². The van der Waals surface area contributed by atoms with E-state index in [9.17, 15) is 4.79 Å². The third-order valence-corrected chi connectivity index (χ3v) is 8.90. The second-order valence-corrected chi connectivity index (χ2v) is 11.8. The van der Waals surface area contributed by atoms with Crippen molar-refractivity contribution in [1.82, 2.24) is 29.6 Å². The van der Waals surface area contributed by atoms with Gasteiger partial charge < -0.3 is 9.80 Å². The Labute approximate surface area is 249 Å². The zero-order valence-electron chi connectivity index (χ0n) is 21.2. The molecule has 0 spiro atoms. The molecule has 40 heavy (non-hydrogen) atoms.